The summed E-state index contributed by atoms with van der Waals surface area (Å²) in [5.41, 5.74) is 5.70. The van der Waals surface area contributed by atoms with Gasteiger partial charge in [-0.1, -0.05) is 0 Å². The van der Waals surface area contributed by atoms with E-state index in [4.69, 9.17) is 9.72 Å². The first-order chi connectivity index (χ1) is 14.7. The van der Waals surface area contributed by atoms with Crippen molar-refractivity contribution in [2.45, 2.75) is 6.54 Å². The van der Waals surface area contributed by atoms with E-state index in [1.165, 1.54) is 4.88 Å². The highest BCUT2D eigenvalue weighted by atomic mass is 79.9. The molecule has 1 aromatic carbocycles. The maximum Gasteiger partial charge on any atom is 0.159 e. The van der Waals surface area contributed by atoms with Gasteiger partial charge in [-0.3, -0.25) is 9.88 Å². The molecule has 0 unspecified atom stereocenters. The summed E-state index contributed by atoms with van der Waals surface area (Å²) < 4.78 is 6.23. The van der Waals surface area contributed by atoms with Gasteiger partial charge < -0.3 is 14.6 Å². The summed E-state index contributed by atoms with van der Waals surface area (Å²) in [6, 6.07) is 7.89. The Morgan fingerprint density at radius 3 is 2.63 bits per heavy atom. The van der Waals surface area contributed by atoms with Gasteiger partial charge in [-0.25, -0.2) is 9.97 Å². The Morgan fingerprint density at radius 2 is 1.93 bits per heavy atom. The topological polar surface area (TPSA) is 70.2 Å². The lowest BCUT2D eigenvalue weighted by molar-refractivity contribution is 0.252. The van der Waals surface area contributed by atoms with E-state index < -0.39 is 0 Å². The van der Waals surface area contributed by atoms with Crippen molar-refractivity contribution >= 4 is 44.1 Å². The molecular formula is C21H21BrN6OS. The predicted molar refractivity (Wildman–Crippen MR) is 123 cm³/mol. The number of ether oxygens (including phenoxy) is 1. The van der Waals surface area contributed by atoms with Crippen molar-refractivity contribution in [3.05, 3.63) is 51.5 Å². The van der Waals surface area contributed by atoms with E-state index >= 15 is 0 Å². The number of aromatic amines is 1. The molecule has 0 radical (unpaired) electrons. The second-order valence-corrected chi connectivity index (χ2v) is 9.02. The molecule has 4 aromatic rings. The molecule has 4 heterocycles. The first-order valence-corrected chi connectivity index (χ1v) is 11.4. The number of imidazole rings is 1. The van der Waals surface area contributed by atoms with Gasteiger partial charge in [-0.2, -0.15) is 0 Å². The molecule has 5 rings (SSSR count). The number of H-pyrrole nitrogens is 1. The summed E-state index contributed by atoms with van der Waals surface area (Å²) in [6.45, 7) is 4.87. The Balaban J connectivity index is 1.40. The predicted octanol–water partition coefficient (Wildman–Crippen LogP) is 4.17. The van der Waals surface area contributed by atoms with Gasteiger partial charge in [0.05, 0.1) is 22.8 Å². The molecule has 9 heteroatoms. The molecule has 0 spiro atoms. The minimum atomic E-state index is 0.797. The van der Waals surface area contributed by atoms with Crippen LogP contribution in [0.25, 0.3) is 22.6 Å². The molecule has 1 aliphatic rings. The molecule has 3 aromatic heterocycles. The SMILES string of the molecule is COc1ccc(-c2nc3c(N4CCN(Cc5cncs5)CC4)c(Br)cnc3[nH]2)cc1. The van der Waals surface area contributed by atoms with Crippen LogP contribution in [0, 0.1) is 0 Å². The average molecular weight is 485 g/mol. The second kappa shape index (κ2) is 8.33. The highest BCUT2D eigenvalue weighted by molar-refractivity contribution is 9.10. The molecule has 1 aliphatic heterocycles. The van der Waals surface area contributed by atoms with E-state index in [2.05, 4.69) is 40.7 Å². The third-order valence-electron chi connectivity index (χ3n) is 5.36. The molecule has 0 atom stereocenters. The third-order valence-corrected chi connectivity index (χ3v) is 6.70. The maximum absolute atomic E-state index is 5.26. The number of methoxy groups -OCH3 is 1. The Kier molecular flexibility index (Phi) is 5.41. The zero-order chi connectivity index (χ0) is 20.5. The van der Waals surface area contributed by atoms with Gasteiger partial charge in [0.15, 0.2) is 5.65 Å². The van der Waals surface area contributed by atoms with E-state index in [0.29, 0.717) is 0 Å². The zero-order valence-corrected chi connectivity index (χ0v) is 18.9. The van der Waals surface area contributed by atoms with E-state index in [0.717, 1.165) is 71.2 Å². The number of nitrogens with one attached hydrogen (secondary N) is 1. The number of anilines is 1. The molecule has 1 fully saturated rings. The lowest BCUT2D eigenvalue weighted by Gasteiger charge is -2.36. The lowest BCUT2D eigenvalue weighted by atomic mass is 10.2. The van der Waals surface area contributed by atoms with Gasteiger partial charge >= 0.3 is 0 Å². The number of thiazole rings is 1. The molecular weight excluding hydrogens is 464 g/mol. The van der Waals surface area contributed by atoms with Crippen LogP contribution in [0.5, 0.6) is 5.75 Å². The van der Waals surface area contributed by atoms with E-state index in [1.807, 2.05) is 42.2 Å². The van der Waals surface area contributed by atoms with Crippen LogP contribution in [0.3, 0.4) is 0 Å². The molecule has 0 amide bonds. The number of hydrogen-bond donors (Lipinski definition) is 1. The van der Waals surface area contributed by atoms with Crippen LogP contribution in [-0.4, -0.2) is 58.1 Å². The molecule has 154 valence electrons. The van der Waals surface area contributed by atoms with E-state index in [-0.39, 0.29) is 0 Å². The zero-order valence-electron chi connectivity index (χ0n) is 16.5. The van der Waals surface area contributed by atoms with Gasteiger partial charge in [0.2, 0.25) is 0 Å². The first kappa shape index (κ1) is 19.5. The highest BCUT2D eigenvalue weighted by Crippen LogP contribution is 2.34. The van der Waals surface area contributed by atoms with Gasteiger partial charge in [0.1, 0.15) is 17.1 Å². The molecule has 0 saturated carbocycles. The van der Waals surface area contributed by atoms with Crippen LogP contribution in [-0.2, 0) is 6.54 Å². The molecule has 1 N–H and O–H groups in total. The van der Waals surface area contributed by atoms with Crippen molar-refractivity contribution in [3.63, 3.8) is 0 Å². The Labute approximate surface area is 186 Å². The van der Waals surface area contributed by atoms with E-state index in [9.17, 15) is 0 Å². The fourth-order valence-electron chi connectivity index (χ4n) is 3.77. The number of hydrogen-bond acceptors (Lipinski definition) is 7. The average Bonchev–Trinajstić information content (AvgIpc) is 3.44. The van der Waals surface area contributed by atoms with Crippen molar-refractivity contribution in [1.29, 1.82) is 0 Å². The second-order valence-electron chi connectivity index (χ2n) is 7.20. The standard InChI is InChI=1S/C21H21BrN6OS/c1-29-15-4-2-14(3-5-15)20-25-18-19(17(22)11-24-21(18)26-20)28-8-6-27(7-9-28)12-16-10-23-13-30-16/h2-5,10-11,13H,6-9,12H2,1H3,(H,24,25,26). The number of rotatable bonds is 5. The molecule has 30 heavy (non-hydrogen) atoms. The van der Waals surface area contributed by atoms with Crippen LogP contribution in [0.15, 0.2) is 46.6 Å². The number of nitrogens with zero attached hydrogens (tertiary/aromatic N) is 5. The minimum Gasteiger partial charge on any atom is -0.497 e. The summed E-state index contributed by atoms with van der Waals surface area (Å²) in [6.07, 6.45) is 3.82. The number of benzene rings is 1. The fraction of sp³-hybridized carbons (Fsp3) is 0.286. The van der Waals surface area contributed by atoms with Crippen molar-refractivity contribution in [2.75, 3.05) is 38.2 Å². The quantitative estimate of drug-likeness (QED) is 0.458. The summed E-state index contributed by atoms with van der Waals surface area (Å²) in [4.78, 5) is 23.2. The summed E-state index contributed by atoms with van der Waals surface area (Å²) >= 11 is 5.42. The maximum atomic E-state index is 5.26. The number of halogens is 1. The Morgan fingerprint density at radius 1 is 1.13 bits per heavy atom. The normalized spacial score (nSPS) is 15.1. The summed E-state index contributed by atoms with van der Waals surface area (Å²) in [7, 11) is 1.67. The van der Waals surface area contributed by atoms with Crippen LogP contribution in [0.2, 0.25) is 0 Å². The van der Waals surface area contributed by atoms with E-state index in [1.54, 1.807) is 18.4 Å². The first-order valence-electron chi connectivity index (χ1n) is 9.74. The van der Waals surface area contributed by atoms with Crippen molar-refractivity contribution < 1.29 is 4.74 Å². The number of fused-ring (bicyclic) bond motifs is 1. The monoisotopic (exact) mass is 484 g/mol. The highest BCUT2D eigenvalue weighted by Gasteiger charge is 2.23. The Bertz CT molecular complexity index is 1140. The van der Waals surface area contributed by atoms with Crippen LogP contribution < -0.4 is 9.64 Å². The summed E-state index contributed by atoms with van der Waals surface area (Å²) in [5, 5.41) is 0. The molecule has 0 bridgehead atoms. The number of pyridine rings is 1. The molecule has 7 nitrogen and oxygen atoms in total. The lowest BCUT2D eigenvalue weighted by Crippen LogP contribution is -2.46. The van der Waals surface area contributed by atoms with Crippen molar-refractivity contribution in [1.82, 2.24) is 24.8 Å². The van der Waals surface area contributed by atoms with Crippen molar-refractivity contribution in [3.8, 4) is 17.1 Å². The Hall–Kier alpha value is -2.49. The molecule has 0 aliphatic carbocycles. The number of aromatic nitrogens is 4. The van der Waals surface area contributed by atoms with Crippen LogP contribution in [0.4, 0.5) is 5.69 Å². The van der Waals surface area contributed by atoms with Gasteiger partial charge in [0.25, 0.3) is 0 Å². The minimum absolute atomic E-state index is 0.797. The summed E-state index contributed by atoms with van der Waals surface area (Å²) in [5.74, 6) is 1.64. The largest absolute Gasteiger partial charge is 0.497 e. The smallest absolute Gasteiger partial charge is 0.159 e. The van der Waals surface area contributed by atoms with Gasteiger partial charge in [-0.15, -0.1) is 11.3 Å². The van der Waals surface area contributed by atoms with Gasteiger partial charge in [0, 0.05) is 55.6 Å². The van der Waals surface area contributed by atoms with Crippen LogP contribution >= 0.6 is 27.3 Å². The van der Waals surface area contributed by atoms with Gasteiger partial charge in [-0.05, 0) is 40.2 Å². The number of piperazine rings is 1. The fourth-order valence-corrected chi connectivity index (χ4v) is 4.95. The van der Waals surface area contributed by atoms with Crippen LogP contribution in [0.1, 0.15) is 4.88 Å². The van der Waals surface area contributed by atoms with Crippen molar-refractivity contribution in [2.24, 2.45) is 0 Å². The molecule has 1 saturated heterocycles. The third kappa shape index (κ3) is 3.80.